The van der Waals surface area contributed by atoms with E-state index in [1.807, 2.05) is 28.3 Å². The molecule has 5 heterocycles. The zero-order chi connectivity index (χ0) is 23.7. The van der Waals surface area contributed by atoms with Gasteiger partial charge in [0.2, 0.25) is 12.3 Å². The molecular formula is C21H32N8O4S. The quantitative estimate of drug-likeness (QED) is 0.485. The summed E-state index contributed by atoms with van der Waals surface area (Å²) in [7, 11) is -2.40. The highest BCUT2D eigenvalue weighted by Crippen LogP contribution is 2.32. The number of aromatic amines is 1. The fourth-order valence-electron chi connectivity index (χ4n) is 4.89. The summed E-state index contributed by atoms with van der Waals surface area (Å²) in [6, 6.07) is 0.162. The van der Waals surface area contributed by atoms with Gasteiger partial charge in [0.1, 0.15) is 0 Å². The zero-order valence-electron chi connectivity index (χ0n) is 19.4. The summed E-state index contributed by atoms with van der Waals surface area (Å²) in [4.78, 5) is 8.67. The lowest BCUT2D eigenvalue weighted by molar-refractivity contribution is -0.117. The number of aromatic nitrogens is 5. The number of thiol groups is 1. The summed E-state index contributed by atoms with van der Waals surface area (Å²) < 4.78 is 36.2. The molecule has 0 spiro atoms. The van der Waals surface area contributed by atoms with Crippen molar-refractivity contribution in [2.75, 3.05) is 35.8 Å². The van der Waals surface area contributed by atoms with Crippen LogP contribution in [0.15, 0.2) is 18.6 Å². The predicted octanol–water partition coefficient (Wildman–Crippen LogP) is 1.22. The molecule has 3 aliphatic rings. The second kappa shape index (κ2) is 10.0. The number of ether oxygens (including phenoxy) is 2. The molecule has 0 bridgehead atoms. The minimum atomic E-state index is -2.40. The third-order valence-electron chi connectivity index (χ3n) is 6.64. The Morgan fingerprint density at radius 1 is 1.32 bits per heavy atom. The first-order chi connectivity index (χ1) is 16.5. The van der Waals surface area contributed by atoms with Gasteiger partial charge < -0.3 is 14.8 Å². The van der Waals surface area contributed by atoms with Gasteiger partial charge in [0, 0.05) is 38.1 Å². The number of anilines is 2. The van der Waals surface area contributed by atoms with Crippen molar-refractivity contribution in [2.45, 2.75) is 57.7 Å². The number of fused-ring (bicyclic) bond motifs is 1. The summed E-state index contributed by atoms with van der Waals surface area (Å²) in [6.07, 6.45) is 9.59. The maximum absolute atomic E-state index is 11.1. The number of nitrogens with zero attached hydrogens (tertiary/aromatic N) is 6. The van der Waals surface area contributed by atoms with Crippen LogP contribution in [0.1, 0.15) is 45.3 Å². The van der Waals surface area contributed by atoms with Gasteiger partial charge in [0.05, 0.1) is 30.0 Å². The lowest BCUT2D eigenvalue weighted by Crippen LogP contribution is -2.45. The van der Waals surface area contributed by atoms with E-state index < -0.39 is 17.1 Å². The van der Waals surface area contributed by atoms with E-state index in [1.165, 1.54) is 0 Å². The molecule has 2 N–H and O–H groups in total. The van der Waals surface area contributed by atoms with E-state index in [1.54, 1.807) is 10.9 Å². The zero-order valence-corrected chi connectivity index (χ0v) is 20.3. The number of piperidine rings is 1. The van der Waals surface area contributed by atoms with Crippen LogP contribution in [0.3, 0.4) is 0 Å². The predicted molar refractivity (Wildman–Crippen MR) is 127 cm³/mol. The number of hydrogen-bond donors (Lipinski definition) is 3. The molecular weight excluding hydrogens is 460 g/mol. The van der Waals surface area contributed by atoms with Crippen LogP contribution in [0.5, 0.6) is 0 Å². The Balaban J connectivity index is 1.33. The topological polar surface area (TPSA) is 130 Å². The monoisotopic (exact) mass is 492 g/mol. The van der Waals surface area contributed by atoms with Crippen LogP contribution in [0.25, 0.3) is 6.08 Å². The molecule has 0 amide bonds. The van der Waals surface area contributed by atoms with Gasteiger partial charge >= 0.3 is 0 Å². The molecule has 2 aromatic heterocycles. The molecule has 2 saturated heterocycles. The summed E-state index contributed by atoms with van der Waals surface area (Å²) >= 11 is 0. The van der Waals surface area contributed by atoms with Crippen LogP contribution in [0, 0.1) is 5.92 Å². The Morgan fingerprint density at radius 2 is 2.21 bits per heavy atom. The molecule has 2 fully saturated rings. The van der Waals surface area contributed by atoms with Crippen molar-refractivity contribution in [3.05, 3.63) is 24.4 Å². The molecule has 13 heteroatoms. The highest BCUT2D eigenvalue weighted by molar-refractivity contribution is 7.72. The molecule has 2 aromatic rings. The molecule has 0 radical (unpaired) electrons. The summed E-state index contributed by atoms with van der Waals surface area (Å²) in [5.41, 5.74) is 0.870. The molecule has 3 unspecified atom stereocenters. The van der Waals surface area contributed by atoms with Gasteiger partial charge in [-0.3, -0.25) is 14.9 Å². The van der Waals surface area contributed by atoms with Gasteiger partial charge in [-0.25, -0.2) is 8.42 Å². The van der Waals surface area contributed by atoms with E-state index in [0.29, 0.717) is 18.4 Å². The third kappa shape index (κ3) is 5.11. The summed E-state index contributed by atoms with van der Waals surface area (Å²) in [6.45, 7) is 6.30. The molecule has 186 valence electrons. The van der Waals surface area contributed by atoms with Crippen molar-refractivity contribution >= 4 is 28.4 Å². The SMILES string of the molecule is CC1CC(OC2N(c3cn[nH]c3)C=Cc3nc(N[C@H]4CCN(C[SH](=O)=O)C[C@H]4C)nn32)CCO1. The van der Waals surface area contributed by atoms with E-state index in [4.69, 9.17) is 19.6 Å². The number of likely N-dealkylation sites (tertiary alicyclic amines) is 1. The molecule has 3 aliphatic heterocycles. The third-order valence-corrected chi connectivity index (χ3v) is 7.27. The van der Waals surface area contributed by atoms with E-state index >= 15 is 0 Å². The van der Waals surface area contributed by atoms with Crippen molar-refractivity contribution in [1.82, 2.24) is 29.9 Å². The Bertz CT molecular complexity index is 1060. The largest absolute Gasteiger partial charge is 0.378 e. The number of nitrogens with one attached hydrogen (secondary N) is 2. The van der Waals surface area contributed by atoms with Gasteiger partial charge in [-0.05, 0) is 38.2 Å². The highest BCUT2D eigenvalue weighted by atomic mass is 32.2. The normalized spacial score (nSPS) is 30.0. The first kappa shape index (κ1) is 23.3. The van der Waals surface area contributed by atoms with Gasteiger partial charge in [-0.1, -0.05) is 6.92 Å². The molecule has 0 aliphatic carbocycles. The molecule has 5 atom stereocenters. The second-order valence-corrected chi connectivity index (χ2v) is 10.2. The van der Waals surface area contributed by atoms with Gasteiger partial charge in [-0.2, -0.15) is 14.8 Å². The Morgan fingerprint density at radius 3 is 2.94 bits per heavy atom. The lowest BCUT2D eigenvalue weighted by atomic mass is 9.94. The van der Waals surface area contributed by atoms with Crippen LogP contribution in [-0.4, -0.2) is 82.1 Å². The standard InChI is InChI=1S/C21H32N8O4S/c1-14-12-27(13-34(30)31)6-3-18(14)24-20-25-19-4-7-28(16-10-22-23-11-16)21(29(19)26-20)33-17-5-8-32-15(2)9-17/h4,7,10-11,14-15,17-18,21,34H,3,5-6,8-9,12-13H2,1-2H3,(H,22,23)(H,24,26)/t14-,15?,17?,18+,21?/m1/s1. The molecule has 34 heavy (non-hydrogen) atoms. The van der Waals surface area contributed by atoms with Crippen LogP contribution in [-0.2, 0) is 20.2 Å². The average Bonchev–Trinajstić information content (AvgIpc) is 3.45. The van der Waals surface area contributed by atoms with Gasteiger partial charge in [0.15, 0.2) is 16.5 Å². The van der Waals surface area contributed by atoms with Crippen molar-refractivity contribution in [2.24, 2.45) is 5.92 Å². The lowest BCUT2D eigenvalue weighted by Gasteiger charge is -2.37. The Labute approximate surface area is 200 Å². The Hall–Kier alpha value is -2.48. The number of hydrogen-bond acceptors (Lipinski definition) is 10. The molecule has 5 rings (SSSR count). The fraction of sp³-hybridized carbons (Fsp3) is 0.667. The van der Waals surface area contributed by atoms with E-state index in [9.17, 15) is 8.42 Å². The van der Waals surface area contributed by atoms with Crippen LogP contribution in [0.4, 0.5) is 11.6 Å². The minimum Gasteiger partial charge on any atom is -0.378 e. The fourth-order valence-corrected chi connectivity index (χ4v) is 5.47. The first-order valence-electron chi connectivity index (χ1n) is 11.8. The van der Waals surface area contributed by atoms with Crippen LogP contribution >= 0.6 is 0 Å². The van der Waals surface area contributed by atoms with Crippen molar-refractivity contribution < 1.29 is 17.9 Å². The minimum absolute atomic E-state index is 0.0416. The van der Waals surface area contributed by atoms with Crippen molar-refractivity contribution in [3.8, 4) is 0 Å². The number of H-pyrrole nitrogens is 1. The maximum atomic E-state index is 11.1. The van der Waals surface area contributed by atoms with Crippen LogP contribution in [0.2, 0.25) is 0 Å². The second-order valence-electron chi connectivity index (χ2n) is 9.28. The highest BCUT2D eigenvalue weighted by Gasteiger charge is 2.33. The smallest absolute Gasteiger partial charge is 0.243 e. The Kier molecular flexibility index (Phi) is 6.86. The molecule has 12 nitrogen and oxygen atoms in total. The van der Waals surface area contributed by atoms with Crippen molar-refractivity contribution in [1.29, 1.82) is 0 Å². The van der Waals surface area contributed by atoms with E-state index in [-0.39, 0.29) is 30.0 Å². The van der Waals surface area contributed by atoms with E-state index in [2.05, 4.69) is 29.4 Å². The average molecular weight is 493 g/mol. The summed E-state index contributed by atoms with van der Waals surface area (Å²) in [5.74, 6) is 1.63. The molecule has 0 aromatic carbocycles. The summed E-state index contributed by atoms with van der Waals surface area (Å²) in [5, 5.41) is 15.2. The van der Waals surface area contributed by atoms with Gasteiger partial charge in [0.25, 0.3) is 0 Å². The molecule has 0 saturated carbocycles. The first-order valence-corrected chi connectivity index (χ1v) is 13.1. The van der Waals surface area contributed by atoms with Gasteiger partial charge in [-0.15, -0.1) is 5.10 Å². The maximum Gasteiger partial charge on any atom is 0.243 e. The van der Waals surface area contributed by atoms with Crippen LogP contribution < -0.4 is 10.2 Å². The number of rotatable bonds is 7. The van der Waals surface area contributed by atoms with E-state index in [0.717, 1.165) is 38.0 Å². The van der Waals surface area contributed by atoms with Crippen molar-refractivity contribution in [3.63, 3.8) is 0 Å².